The Hall–Kier alpha value is -1.75. The maximum Gasteiger partial charge on any atom is 0.322 e. The van der Waals surface area contributed by atoms with E-state index in [9.17, 15) is 4.79 Å². The van der Waals surface area contributed by atoms with Gasteiger partial charge in [-0.2, -0.15) is 0 Å². The SMILES string of the molecule is CCN(CC)c1ccc(NC(=O)N2CCOCC2)c(C)c1. The van der Waals surface area contributed by atoms with E-state index < -0.39 is 0 Å². The van der Waals surface area contributed by atoms with E-state index >= 15 is 0 Å². The first-order valence-corrected chi connectivity index (χ1v) is 7.65. The molecule has 0 atom stereocenters. The molecule has 1 aromatic carbocycles. The molecule has 2 amide bonds. The number of carbonyl (C=O) groups is 1. The first-order chi connectivity index (χ1) is 10.2. The molecule has 2 rings (SSSR count). The Morgan fingerprint density at radius 3 is 2.52 bits per heavy atom. The summed E-state index contributed by atoms with van der Waals surface area (Å²) in [5.41, 5.74) is 3.16. The highest BCUT2D eigenvalue weighted by Gasteiger charge is 2.17. The lowest BCUT2D eigenvalue weighted by Gasteiger charge is -2.27. The maximum atomic E-state index is 12.2. The normalized spacial score (nSPS) is 14.9. The smallest absolute Gasteiger partial charge is 0.322 e. The first-order valence-electron chi connectivity index (χ1n) is 7.65. The van der Waals surface area contributed by atoms with Crippen LogP contribution < -0.4 is 10.2 Å². The van der Waals surface area contributed by atoms with Crippen LogP contribution in [0.3, 0.4) is 0 Å². The van der Waals surface area contributed by atoms with Gasteiger partial charge in [0.2, 0.25) is 0 Å². The molecule has 1 N–H and O–H groups in total. The van der Waals surface area contributed by atoms with Crippen molar-refractivity contribution in [3.05, 3.63) is 23.8 Å². The van der Waals surface area contributed by atoms with Crippen molar-refractivity contribution in [3.8, 4) is 0 Å². The molecule has 0 aliphatic carbocycles. The van der Waals surface area contributed by atoms with Gasteiger partial charge in [0.1, 0.15) is 0 Å². The predicted octanol–water partition coefficient (Wildman–Crippen LogP) is 2.71. The molecule has 1 saturated heterocycles. The highest BCUT2D eigenvalue weighted by atomic mass is 16.5. The lowest BCUT2D eigenvalue weighted by atomic mass is 10.1. The molecule has 0 unspecified atom stereocenters. The van der Waals surface area contributed by atoms with Crippen molar-refractivity contribution in [2.24, 2.45) is 0 Å². The number of rotatable bonds is 4. The molecule has 1 fully saturated rings. The molecular formula is C16H25N3O2. The topological polar surface area (TPSA) is 44.8 Å². The van der Waals surface area contributed by atoms with Gasteiger partial charge in [-0.05, 0) is 44.5 Å². The molecule has 1 aliphatic heterocycles. The molecule has 21 heavy (non-hydrogen) atoms. The fourth-order valence-electron chi connectivity index (χ4n) is 2.53. The van der Waals surface area contributed by atoms with E-state index in [0.717, 1.165) is 24.3 Å². The standard InChI is InChI=1S/C16H25N3O2/c1-4-18(5-2)14-6-7-15(13(3)12-14)17-16(20)19-8-10-21-11-9-19/h6-7,12H,4-5,8-11H2,1-3H3,(H,17,20). The molecule has 1 aliphatic rings. The minimum Gasteiger partial charge on any atom is -0.378 e. The number of aryl methyl sites for hydroxylation is 1. The summed E-state index contributed by atoms with van der Waals surface area (Å²) in [4.78, 5) is 16.3. The van der Waals surface area contributed by atoms with Gasteiger partial charge in [-0.25, -0.2) is 4.79 Å². The van der Waals surface area contributed by atoms with Crippen LogP contribution in [0.5, 0.6) is 0 Å². The highest BCUT2D eigenvalue weighted by Crippen LogP contribution is 2.23. The Morgan fingerprint density at radius 2 is 1.95 bits per heavy atom. The molecule has 0 aromatic heterocycles. The summed E-state index contributed by atoms with van der Waals surface area (Å²) in [7, 11) is 0. The van der Waals surface area contributed by atoms with Gasteiger partial charge in [-0.3, -0.25) is 0 Å². The summed E-state index contributed by atoms with van der Waals surface area (Å²) in [6.45, 7) is 10.8. The number of urea groups is 1. The van der Waals surface area contributed by atoms with Crippen LogP contribution in [0.4, 0.5) is 16.2 Å². The maximum absolute atomic E-state index is 12.2. The van der Waals surface area contributed by atoms with E-state index in [1.807, 2.05) is 13.0 Å². The van der Waals surface area contributed by atoms with Crippen LogP contribution in [-0.4, -0.2) is 50.3 Å². The molecule has 116 valence electrons. The Kier molecular flexibility index (Phi) is 5.44. The lowest BCUT2D eigenvalue weighted by molar-refractivity contribution is 0.0564. The second-order valence-electron chi connectivity index (χ2n) is 5.20. The third-order valence-electron chi connectivity index (χ3n) is 3.88. The van der Waals surface area contributed by atoms with E-state index in [1.165, 1.54) is 5.69 Å². The van der Waals surface area contributed by atoms with Gasteiger partial charge in [0.25, 0.3) is 0 Å². The second kappa shape index (κ2) is 7.31. The number of carbonyl (C=O) groups excluding carboxylic acids is 1. The average molecular weight is 291 g/mol. The van der Waals surface area contributed by atoms with Crippen LogP contribution in [0.1, 0.15) is 19.4 Å². The molecule has 5 heteroatoms. The van der Waals surface area contributed by atoms with E-state index in [2.05, 4.69) is 36.2 Å². The quantitative estimate of drug-likeness (QED) is 0.927. The van der Waals surface area contributed by atoms with E-state index in [4.69, 9.17) is 4.74 Å². The fourth-order valence-corrected chi connectivity index (χ4v) is 2.53. The minimum atomic E-state index is -0.0445. The van der Waals surface area contributed by atoms with Crippen LogP contribution in [0.2, 0.25) is 0 Å². The van der Waals surface area contributed by atoms with Crippen molar-refractivity contribution < 1.29 is 9.53 Å². The monoisotopic (exact) mass is 291 g/mol. The molecule has 1 aromatic rings. The van der Waals surface area contributed by atoms with Gasteiger partial charge in [0.15, 0.2) is 0 Å². The van der Waals surface area contributed by atoms with Gasteiger partial charge in [-0.15, -0.1) is 0 Å². The fraction of sp³-hybridized carbons (Fsp3) is 0.562. The number of anilines is 2. The summed E-state index contributed by atoms with van der Waals surface area (Å²) >= 11 is 0. The van der Waals surface area contributed by atoms with Crippen molar-refractivity contribution in [1.29, 1.82) is 0 Å². The van der Waals surface area contributed by atoms with Crippen molar-refractivity contribution in [2.45, 2.75) is 20.8 Å². The Balaban J connectivity index is 2.05. The van der Waals surface area contributed by atoms with Crippen molar-refractivity contribution >= 4 is 17.4 Å². The predicted molar refractivity (Wildman–Crippen MR) is 86.2 cm³/mol. The van der Waals surface area contributed by atoms with Crippen LogP contribution >= 0.6 is 0 Å². The van der Waals surface area contributed by atoms with Crippen molar-refractivity contribution in [2.75, 3.05) is 49.6 Å². The Morgan fingerprint density at radius 1 is 1.29 bits per heavy atom. The number of nitrogens with one attached hydrogen (secondary N) is 1. The molecule has 0 radical (unpaired) electrons. The van der Waals surface area contributed by atoms with Gasteiger partial charge < -0.3 is 19.9 Å². The van der Waals surface area contributed by atoms with Crippen molar-refractivity contribution in [3.63, 3.8) is 0 Å². The molecule has 0 bridgehead atoms. The minimum absolute atomic E-state index is 0.0445. The van der Waals surface area contributed by atoms with Crippen LogP contribution in [0.25, 0.3) is 0 Å². The number of ether oxygens (including phenoxy) is 1. The second-order valence-corrected chi connectivity index (χ2v) is 5.20. The van der Waals surface area contributed by atoms with Gasteiger partial charge >= 0.3 is 6.03 Å². The molecule has 0 spiro atoms. The molecule has 1 heterocycles. The summed E-state index contributed by atoms with van der Waals surface area (Å²) in [5.74, 6) is 0. The number of benzene rings is 1. The zero-order valence-electron chi connectivity index (χ0n) is 13.2. The zero-order valence-corrected chi connectivity index (χ0v) is 13.2. The van der Waals surface area contributed by atoms with Gasteiger partial charge in [0, 0.05) is 37.6 Å². The third-order valence-corrected chi connectivity index (χ3v) is 3.88. The van der Waals surface area contributed by atoms with Gasteiger partial charge in [-0.1, -0.05) is 0 Å². The lowest BCUT2D eigenvalue weighted by Crippen LogP contribution is -2.43. The summed E-state index contributed by atoms with van der Waals surface area (Å²) in [6, 6.07) is 6.13. The molecule has 5 nitrogen and oxygen atoms in total. The summed E-state index contributed by atoms with van der Waals surface area (Å²) in [5, 5.41) is 3.00. The number of hydrogen-bond acceptors (Lipinski definition) is 3. The van der Waals surface area contributed by atoms with E-state index in [-0.39, 0.29) is 6.03 Å². The first kappa shape index (κ1) is 15.6. The van der Waals surface area contributed by atoms with Gasteiger partial charge in [0.05, 0.1) is 13.2 Å². The Labute approximate surface area is 126 Å². The van der Waals surface area contributed by atoms with Crippen molar-refractivity contribution in [1.82, 2.24) is 4.90 Å². The Bertz CT molecular complexity index is 480. The average Bonchev–Trinajstić information content (AvgIpc) is 2.52. The van der Waals surface area contributed by atoms with E-state index in [0.29, 0.717) is 26.3 Å². The number of amides is 2. The van der Waals surface area contributed by atoms with Crippen LogP contribution in [0.15, 0.2) is 18.2 Å². The number of hydrogen-bond donors (Lipinski definition) is 1. The largest absolute Gasteiger partial charge is 0.378 e. The van der Waals surface area contributed by atoms with Crippen LogP contribution in [-0.2, 0) is 4.74 Å². The zero-order chi connectivity index (χ0) is 15.2. The summed E-state index contributed by atoms with van der Waals surface area (Å²) in [6.07, 6.45) is 0. The highest BCUT2D eigenvalue weighted by molar-refractivity contribution is 5.90. The molecule has 0 saturated carbocycles. The van der Waals surface area contributed by atoms with E-state index in [1.54, 1.807) is 4.90 Å². The number of morpholine rings is 1. The number of nitrogens with zero attached hydrogens (tertiary/aromatic N) is 2. The summed E-state index contributed by atoms with van der Waals surface area (Å²) < 4.78 is 5.26. The third kappa shape index (κ3) is 3.88. The molecular weight excluding hydrogens is 266 g/mol. The van der Waals surface area contributed by atoms with Crippen LogP contribution in [0, 0.1) is 6.92 Å².